The van der Waals surface area contributed by atoms with Crippen LogP contribution in [0.4, 0.5) is 5.69 Å². The van der Waals surface area contributed by atoms with Crippen molar-refractivity contribution < 1.29 is 9.72 Å². The van der Waals surface area contributed by atoms with Gasteiger partial charge in [0.05, 0.1) is 4.92 Å². The van der Waals surface area contributed by atoms with E-state index in [-0.39, 0.29) is 21.9 Å². The van der Waals surface area contributed by atoms with E-state index < -0.39 is 0 Å². The first kappa shape index (κ1) is 19.4. The Labute approximate surface area is 149 Å². The predicted octanol–water partition coefficient (Wildman–Crippen LogP) is 3.35. The maximum atomic E-state index is 12.7. The van der Waals surface area contributed by atoms with Gasteiger partial charge in [0.2, 0.25) is 0 Å². The Balaban J connectivity index is 2.13. The average Bonchev–Trinajstić information content (AvgIpc) is 2.58. The smallest absolute Gasteiger partial charge is 0.273 e. The summed E-state index contributed by atoms with van der Waals surface area (Å²) < 4.78 is 0. The van der Waals surface area contributed by atoms with Gasteiger partial charge in [0, 0.05) is 30.3 Å². The first-order valence-corrected chi connectivity index (χ1v) is 8.97. The molecule has 0 saturated carbocycles. The number of benzene rings is 1. The number of piperidine rings is 1. The summed E-state index contributed by atoms with van der Waals surface area (Å²) in [6, 6.07) is 4.89. The van der Waals surface area contributed by atoms with Crippen LogP contribution < -0.4 is 5.32 Å². The van der Waals surface area contributed by atoms with Crippen molar-refractivity contribution in [3.8, 4) is 0 Å². The summed E-state index contributed by atoms with van der Waals surface area (Å²) in [5.74, 6) is 0.546. The number of nitro benzene ring substituents is 1. The van der Waals surface area contributed by atoms with E-state index in [1.54, 1.807) is 12.1 Å². The molecule has 0 aliphatic carbocycles. The van der Waals surface area contributed by atoms with Crippen molar-refractivity contribution >= 4 is 11.6 Å². The fraction of sp³-hybridized carbons (Fsp3) is 0.632. The number of nitrogens with one attached hydrogen (secondary N) is 1. The molecular weight excluding hydrogens is 318 g/mol. The van der Waals surface area contributed by atoms with Crippen molar-refractivity contribution in [3.05, 3.63) is 39.4 Å². The molecule has 6 nitrogen and oxygen atoms in total. The van der Waals surface area contributed by atoms with Gasteiger partial charge in [-0.2, -0.15) is 0 Å². The predicted molar refractivity (Wildman–Crippen MR) is 99.0 cm³/mol. The number of nitro groups is 1. The van der Waals surface area contributed by atoms with E-state index >= 15 is 0 Å². The lowest BCUT2D eigenvalue weighted by molar-refractivity contribution is -0.386. The lowest BCUT2D eigenvalue weighted by atomic mass is 9.85. The van der Waals surface area contributed by atoms with E-state index in [4.69, 9.17) is 0 Å². The number of rotatable bonds is 5. The normalized spacial score (nSPS) is 16.1. The highest BCUT2D eigenvalue weighted by atomic mass is 16.6. The highest BCUT2D eigenvalue weighted by Gasteiger charge is 2.28. The van der Waals surface area contributed by atoms with Gasteiger partial charge in [0.1, 0.15) is 0 Å². The summed E-state index contributed by atoms with van der Waals surface area (Å²) in [5, 5.41) is 14.6. The van der Waals surface area contributed by atoms with Crippen molar-refractivity contribution in [2.75, 3.05) is 26.7 Å². The fourth-order valence-electron chi connectivity index (χ4n) is 3.41. The first-order valence-electron chi connectivity index (χ1n) is 8.97. The quantitative estimate of drug-likeness (QED) is 0.655. The van der Waals surface area contributed by atoms with Gasteiger partial charge in [-0.25, -0.2) is 0 Å². The molecule has 2 rings (SSSR count). The maximum Gasteiger partial charge on any atom is 0.273 e. The molecule has 1 aliphatic rings. The van der Waals surface area contributed by atoms with Crippen LogP contribution in [0.1, 0.15) is 56.0 Å². The van der Waals surface area contributed by atoms with Crippen molar-refractivity contribution in [2.24, 2.45) is 5.92 Å². The van der Waals surface area contributed by atoms with E-state index in [0.717, 1.165) is 38.9 Å². The molecule has 1 aromatic carbocycles. The van der Waals surface area contributed by atoms with E-state index in [0.29, 0.717) is 17.0 Å². The van der Waals surface area contributed by atoms with Gasteiger partial charge in [-0.3, -0.25) is 14.9 Å². The second-order valence-corrected chi connectivity index (χ2v) is 7.87. The Bertz CT molecular complexity index is 629. The van der Waals surface area contributed by atoms with Crippen LogP contribution >= 0.6 is 0 Å². The molecule has 25 heavy (non-hydrogen) atoms. The molecule has 1 fully saturated rings. The Morgan fingerprint density at radius 2 is 1.96 bits per heavy atom. The van der Waals surface area contributed by atoms with Gasteiger partial charge in [0.25, 0.3) is 11.6 Å². The summed E-state index contributed by atoms with van der Waals surface area (Å²) in [7, 11) is 1.95. The minimum atomic E-state index is -0.388. The van der Waals surface area contributed by atoms with Crippen LogP contribution in [0.15, 0.2) is 18.2 Å². The molecule has 0 aromatic heterocycles. The maximum absolute atomic E-state index is 12.7. The van der Waals surface area contributed by atoms with E-state index in [2.05, 4.69) is 5.32 Å². The summed E-state index contributed by atoms with van der Waals surface area (Å²) in [4.78, 5) is 25.6. The lowest BCUT2D eigenvalue weighted by Gasteiger charge is -2.32. The van der Waals surface area contributed by atoms with Crippen molar-refractivity contribution in [3.63, 3.8) is 0 Å². The van der Waals surface area contributed by atoms with E-state index in [1.807, 2.05) is 32.7 Å². The third kappa shape index (κ3) is 4.78. The molecule has 0 unspecified atom stereocenters. The Hall–Kier alpha value is -1.95. The van der Waals surface area contributed by atoms with Gasteiger partial charge in [0.15, 0.2) is 0 Å². The van der Waals surface area contributed by atoms with Gasteiger partial charge in [-0.1, -0.05) is 26.8 Å². The summed E-state index contributed by atoms with van der Waals surface area (Å²) in [6.07, 6.45) is 3.12. The highest BCUT2D eigenvalue weighted by Crippen LogP contribution is 2.32. The molecule has 6 heteroatoms. The molecule has 0 atom stereocenters. The van der Waals surface area contributed by atoms with Gasteiger partial charge >= 0.3 is 0 Å². The first-order chi connectivity index (χ1) is 11.7. The van der Waals surface area contributed by atoms with E-state index in [9.17, 15) is 14.9 Å². The van der Waals surface area contributed by atoms with Crippen molar-refractivity contribution in [1.82, 2.24) is 10.2 Å². The average molecular weight is 347 g/mol. The number of nitrogens with zero attached hydrogens (tertiary/aromatic N) is 2. The number of hydrogen-bond donors (Lipinski definition) is 1. The summed E-state index contributed by atoms with van der Waals surface area (Å²) >= 11 is 0. The fourth-order valence-corrected chi connectivity index (χ4v) is 3.41. The molecule has 0 bridgehead atoms. The van der Waals surface area contributed by atoms with Crippen LogP contribution in [0.5, 0.6) is 0 Å². The van der Waals surface area contributed by atoms with Gasteiger partial charge in [-0.05, 0) is 50.3 Å². The van der Waals surface area contributed by atoms with Crippen LogP contribution in [0, 0.1) is 16.0 Å². The van der Waals surface area contributed by atoms with Crippen LogP contribution in [-0.4, -0.2) is 42.4 Å². The molecule has 0 radical (unpaired) electrons. The zero-order valence-corrected chi connectivity index (χ0v) is 15.7. The molecule has 1 N–H and O–H groups in total. The number of likely N-dealkylation sites (tertiary alicyclic amines) is 1. The minimum Gasteiger partial charge on any atom is -0.339 e. The number of amides is 1. The number of carbonyl (C=O) groups is 1. The lowest BCUT2D eigenvalue weighted by Crippen LogP contribution is -2.39. The summed E-state index contributed by atoms with van der Waals surface area (Å²) in [6.45, 7) is 8.26. The SMILES string of the molecule is CNCCC1CCN(C(=O)c2ccc(C(C)(C)C)c([N+](=O)[O-])c2)CC1. The van der Waals surface area contributed by atoms with Crippen LogP contribution in [-0.2, 0) is 5.41 Å². The second kappa shape index (κ2) is 7.95. The van der Waals surface area contributed by atoms with Crippen LogP contribution in [0.3, 0.4) is 0 Å². The molecule has 1 amide bonds. The molecule has 1 aromatic rings. The molecule has 138 valence electrons. The van der Waals surface area contributed by atoms with E-state index in [1.165, 1.54) is 6.07 Å². The van der Waals surface area contributed by atoms with Gasteiger partial charge < -0.3 is 10.2 Å². The Morgan fingerprint density at radius 1 is 1.32 bits per heavy atom. The molecule has 1 aliphatic heterocycles. The standard InChI is InChI=1S/C19H29N3O3/c1-19(2,3)16-6-5-15(13-17(16)22(24)25)18(23)21-11-8-14(9-12-21)7-10-20-4/h5-6,13-14,20H,7-12H2,1-4H3. The number of hydrogen-bond acceptors (Lipinski definition) is 4. The molecular formula is C19H29N3O3. The van der Waals surface area contributed by atoms with Crippen LogP contribution in [0.25, 0.3) is 0 Å². The molecule has 0 spiro atoms. The Morgan fingerprint density at radius 3 is 2.48 bits per heavy atom. The minimum absolute atomic E-state index is 0.0299. The third-order valence-electron chi connectivity index (χ3n) is 4.95. The van der Waals surface area contributed by atoms with Crippen LogP contribution in [0.2, 0.25) is 0 Å². The second-order valence-electron chi connectivity index (χ2n) is 7.87. The number of carbonyl (C=O) groups excluding carboxylic acids is 1. The zero-order chi connectivity index (χ0) is 18.6. The van der Waals surface area contributed by atoms with Crippen molar-refractivity contribution in [1.29, 1.82) is 0 Å². The molecule has 1 saturated heterocycles. The summed E-state index contributed by atoms with van der Waals surface area (Å²) in [5.41, 5.74) is 0.755. The molecule has 1 heterocycles. The highest BCUT2D eigenvalue weighted by molar-refractivity contribution is 5.95. The topological polar surface area (TPSA) is 75.5 Å². The zero-order valence-electron chi connectivity index (χ0n) is 15.7. The largest absolute Gasteiger partial charge is 0.339 e. The monoisotopic (exact) mass is 347 g/mol. The van der Waals surface area contributed by atoms with Gasteiger partial charge in [-0.15, -0.1) is 0 Å². The third-order valence-corrected chi connectivity index (χ3v) is 4.95. The van der Waals surface area contributed by atoms with Crippen molar-refractivity contribution in [2.45, 2.75) is 45.4 Å². The Kier molecular flexibility index (Phi) is 6.16.